The van der Waals surface area contributed by atoms with E-state index in [0.717, 1.165) is 17.0 Å². The number of benzene rings is 1. The molecule has 0 unspecified atom stereocenters. The lowest BCUT2D eigenvalue weighted by atomic mass is 9.81. The first-order valence-electron chi connectivity index (χ1n) is 12.1. The maximum Gasteiger partial charge on any atom is 0.410 e. The molecular formula is C27H34N4O5. The Hall–Kier alpha value is -3.35. The highest BCUT2D eigenvalue weighted by Crippen LogP contribution is 2.36. The first-order chi connectivity index (χ1) is 17.2. The standard InChI is InChI=1S/C27H34N4O5/c1-26(2,3)36-25(32)31-16-27(17-31)18-34-24(35-19-27)11-12-30(22-8-7-21(13-28)29-14-22)15-20-5-9-23(33-4)10-6-20/h5-10,14,24H,11-12,15-19H2,1-4H3. The van der Waals surface area contributed by atoms with Gasteiger partial charge in [0.2, 0.25) is 0 Å². The molecule has 1 aromatic heterocycles. The number of aromatic nitrogens is 1. The largest absolute Gasteiger partial charge is 0.497 e. The molecule has 36 heavy (non-hydrogen) atoms. The van der Waals surface area contributed by atoms with Gasteiger partial charge in [0.05, 0.1) is 37.6 Å². The molecule has 4 rings (SSSR count). The molecule has 192 valence electrons. The van der Waals surface area contributed by atoms with Gasteiger partial charge in [-0.05, 0) is 50.6 Å². The first-order valence-corrected chi connectivity index (χ1v) is 12.1. The Balaban J connectivity index is 1.31. The summed E-state index contributed by atoms with van der Waals surface area (Å²) < 4.78 is 22.8. The van der Waals surface area contributed by atoms with Crippen LogP contribution in [0.2, 0.25) is 0 Å². The highest BCUT2D eigenvalue weighted by molar-refractivity contribution is 5.69. The predicted molar refractivity (Wildman–Crippen MR) is 134 cm³/mol. The average Bonchev–Trinajstić information content (AvgIpc) is 2.85. The van der Waals surface area contributed by atoms with E-state index in [0.29, 0.717) is 51.5 Å². The fraction of sp³-hybridized carbons (Fsp3) is 0.519. The van der Waals surface area contributed by atoms with Gasteiger partial charge in [0, 0.05) is 32.6 Å². The summed E-state index contributed by atoms with van der Waals surface area (Å²) in [6.45, 7) is 9.20. The summed E-state index contributed by atoms with van der Waals surface area (Å²) in [6.07, 6.45) is 1.78. The third kappa shape index (κ3) is 6.45. The number of rotatable bonds is 7. The lowest BCUT2D eigenvalue weighted by Gasteiger charge is -2.52. The Morgan fingerprint density at radius 3 is 2.44 bits per heavy atom. The predicted octanol–water partition coefficient (Wildman–Crippen LogP) is 3.97. The number of likely N-dealkylation sites (tertiary alicyclic amines) is 1. The van der Waals surface area contributed by atoms with E-state index >= 15 is 0 Å². The fourth-order valence-electron chi connectivity index (χ4n) is 4.35. The number of hydrogen-bond donors (Lipinski definition) is 0. The van der Waals surface area contributed by atoms with Crippen molar-refractivity contribution in [1.82, 2.24) is 9.88 Å². The molecule has 1 spiro atoms. The van der Waals surface area contributed by atoms with Crippen molar-refractivity contribution in [2.75, 3.05) is 44.9 Å². The molecule has 0 atom stereocenters. The van der Waals surface area contributed by atoms with Crippen molar-refractivity contribution in [3.8, 4) is 11.8 Å². The van der Waals surface area contributed by atoms with Crippen molar-refractivity contribution in [3.05, 3.63) is 53.9 Å². The maximum absolute atomic E-state index is 12.3. The molecule has 2 aliphatic heterocycles. The first kappa shape index (κ1) is 25.7. The molecule has 3 heterocycles. The van der Waals surface area contributed by atoms with Crippen LogP contribution in [0.1, 0.15) is 38.4 Å². The number of pyridine rings is 1. The second-order valence-electron chi connectivity index (χ2n) is 10.5. The molecule has 2 aromatic rings. The van der Waals surface area contributed by atoms with Crippen LogP contribution in [0.25, 0.3) is 0 Å². The van der Waals surface area contributed by atoms with Gasteiger partial charge < -0.3 is 28.7 Å². The van der Waals surface area contributed by atoms with Crippen molar-refractivity contribution in [2.24, 2.45) is 5.41 Å². The summed E-state index contributed by atoms with van der Waals surface area (Å²) >= 11 is 0. The molecule has 9 nitrogen and oxygen atoms in total. The Morgan fingerprint density at radius 1 is 1.19 bits per heavy atom. The smallest absolute Gasteiger partial charge is 0.410 e. The molecule has 2 saturated heterocycles. The van der Waals surface area contributed by atoms with Gasteiger partial charge in [-0.2, -0.15) is 5.26 Å². The van der Waals surface area contributed by atoms with E-state index < -0.39 is 5.60 Å². The van der Waals surface area contributed by atoms with Gasteiger partial charge in [-0.3, -0.25) is 0 Å². The number of carbonyl (C=O) groups is 1. The van der Waals surface area contributed by atoms with Crippen LogP contribution in [0.3, 0.4) is 0 Å². The zero-order chi connectivity index (χ0) is 25.8. The Kier molecular flexibility index (Phi) is 7.67. The van der Waals surface area contributed by atoms with Crippen LogP contribution in [0, 0.1) is 16.7 Å². The molecule has 2 fully saturated rings. The van der Waals surface area contributed by atoms with E-state index in [1.165, 1.54) is 0 Å². The topological polar surface area (TPSA) is 97.1 Å². The zero-order valence-corrected chi connectivity index (χ0v) is 21.4. The van der Waals surface area contributed by atoms with E-state index in [1.54, 1.807) is 24.3 Å². The van der Waals surface area contributed by atoms with Crippen LogP contribution in [-0.2, 0) is 20.8 Å². The minimum absolute atomic E-state index is 0.159. The van der Waals surface area contributed by atoms with Crippen LogP contribution >= 0.6 is 0 Å². The van der Waals surface area contributed by atoms with Crippen molar-refractivity contribution in [2.45, 2.75) is 45.6 Å². The molecule has 1 aromatic carbocycles. The summed E-state index contributed by atoms with van der Waals surface area (Å²) in [4.78, 5) is 20.4. The number of nitrogens with zero attached hydrogens (tertiary/aromatic N) is 4. The van der Waals surface area contributed by atoms with E-state index in [9.17, 15) is 4.79 Å². The normalized spacial score (nSPS) is 17.2. The van der Waals surface area contributed by atoms with Crippen LogP contribution < -0.4 is 9.64 Å². The average molecular weight is 495 g/mol. The number of methoxy groups -OCH3 is 1. The number of carbonyl (C=O) groups excluding carboxylic acids is 1. The van der Waals surface area contributed by atoms with Crippen LogP contribution in [0.5, 0.6) is 5.75 Å². The SMILES string of the molecule is COc1ccc(CN(CCC2OCC3(CO2)CN(C(=O)OC(C)(C)C)C3)c2ccc(C#N)nc2)cc1. The molecule has 9 heteroatoms. The van der Waals surface area contributed by atoms with Gasteiger partial charge in [-0.25, -0.2) is 9.78 Å². The third-order valence-electron chi connectivity index (χ3n) is 6.25. The van der Waals surface area contributed by atoms with E-state index in [1.807, 2.05) is 51.1 Å². The maximum atomic E-state index is 12.3. The van der Waals surface area contributed by atoms with Gasteiger partial charge in [0.1, 0.15) is 23.1 Å². The zero-order valence-electron chi connectivity index (χ0n) is 21.4. The van der Waals surface area contributed by atoms with Crippen molar-refractivity contribution in [3.63, 3.8) is 0 Å². The van der Waals surface area contributed by atoms with E-state index in [-0.39, 0.29) is 17.8 Å². The molecule has 0 N–H and O–H groups in total. The Labute approximate surface area is 212 Å². The number of amides is 1. The lowest BCUT2D eigenvalue weighted by Crippen LogP contribution is -2.65. The number of hydrogen-bond acceptors (Lipinski definition) is 8. The van der Waals surface area contributed by atoms with Crippen molar-refractivity contribution in [1.29, 1.82) is 5.26 Å². The van der Waals surface area contributed by atoms with Gasteiger partial charge in [0.25, 0.3) is 0 Å². The van der Waals surface area contributed by atoms with Gasteiger partial charge in [-0.15, -0.1) is 0 Å². The third-order valence-corrected chi connectivity index (χ3v) is 6.25. The number of ether oxygens (including phenoxy) is 4. The van der Waals surface area contributed by atoms with Crippen LogP contribution in [0.15, 0.2) is 42.6 Å². The van der Waals surface area contributed by atoms with Gasteiger partial charge >= 0.3 is 6.09 Å². The quantitative estimate of drug-likeness (QED) is 0.570. The molecule has 0 aliphatic carbocycles. The molecular weight excluding hydrogens is 460 g/mol. The molecule has 0 radical (unpaired) electrons. The van der Waals surface area contributed by atoms with Gasteiger partial charge in [0.15, 0.2) is 6.29 Å². The summed E-state index contributed by atoms with van der Waals surface area (Å²) in [5, 5.41) is 9.09. The highest BCUT2D eigenvalue weighted by atomic mass is 16.7. The molecule has 0 bridgehead atoms. The van der Waals surface area contributed by atoms with E-state index in [2.05, 4.69) is 16.0 Å². The van der Waals surface area contributed by atoms with Crippen molar-refractivity contribution >= 4 is 11.8 Å². The molecule has 1 amide bonds. The Morgan fingerprint density at radius 2 is 1.89 bits per heavy atom. The Bertz CT molecular complexity index is 1060. The minimum Gasteiger partial charge on any atom is -0.497 e. The molecule has 2 aliphatic rings. The van der Waals surface area contributed by atoms with Gasteiger partial charge in [-0.1, -0.05) is 12.1 Å². The van der Waals surface area contributed by atoms with Crippen molar-refractivity contribution < 1.29 is 23.7 Å². The van der Waals surface area contributed by atoms with Crippen LogP contribution in [-0.4, -0.2) is 67.8 Å². The highest BCUT2D eigenvalue weighted by Gasteiger charge is 2.49. The lowest BCUT2D eigenvalue weighted by molar-refractivity contribution is -0.254. The number of nitriles is 1. The number of anilines is 1. The second kappa shape index (κ2) is 10.7. The summed E-state index contributed by atoms with van der Waals surface area (Å²) in [5.74, 6) is 0.810. The monoisotopic (exact) mass is 494 g/mol. The fourth-order valence-corrected chi connectivity index (χ4v) is 4.35. The summed E-state index contributed by atoms with van der Waals surface area (Å²) in [6, 6.07) is 13.6. The van der Waals surface area contributed by atoms with Crippen LogP contribution in [0.4, 0.5) is 10.5 Å². The second-order valence-corrected chi connectivity index (χ2v) is 10.5. The summed E-state index contributed by atoms with van der Waals surface area (Å²) in [7, 11) is 1.65. The van der Waals surface area contributed by atoms with E-state index in [4.69, 9.17) is 24.2 Å². The minimum atomic E-state index is -0.507. The molecule has 0 saturated carbocycles. The summed E-state index contributed by atoms with van der Waals surface area (Å²) in [5.41, 5.74) is 1.76.